The van der Waals surface area contributed by atoms with Gasteiger partial charge in [-0.3, -0.25) is 4.68 Å². The number of nitrogens with two attached hydrogens (primary N) is 1. The molecule has 2 N–H and O–H groups in total. The van der Waals surface area contributed by atoms with Crippen LogP contribution in [0.25, 0.3) is 0 Å². The van der Waals surface area contributed by atoms with Crippen molar-refractivity contribution in [3.05, 3.63) is 45.7 Å². The van der Waals surface area contributed by atoms with Gasteiger partial charge in [-0.05, 0) is 36.2 Å². The number of ether oxygens (including phenoxy) is 1. The van der Waals surface area contributed by atoms with E-state index >= 15 is 0 Å². The average molecular weight is 314 g/mol. The van der Waals surface area contributed by atoms with Gasteiger partial charge >= 0.3 is 0 Å². The van der Waals surface area contributed by atoms with Crippen LogP contribution < -0.4 is 10.5 Å². The molecular formula is C14H17Cl2N3O. The fraction of sp³-hybridized carbons (Fsp3) is 0.357. The normalized spacial score (nSPS) is 10.8. The molecule has 0 aliphatic heterocycles. The molecule has 0 atom stereocenters. The molecule has 0 fully saturated rings. The van der Waals surface area contributed by atoms with Crippen LogP contribution in [0.1, 0.15) is 11.1 Å². The zero-order valence-corrected chi connectivity index (χ0v) is 12.8. The quantitative estimate of drug-likeness (QED) is 0.892. The Bertz CT molecular complexity index is 584. The summed E-state index contributed by atoms with van der Waals surface area (Å²) in [6.07, 6.45) is 5.25. The van der Waals surface area contributed by atoms with E-state index < -0.39 is 0 Å². The van der Waals surface area contributed by atoms with Gasteiger partial charge in [-0.2, -0.15) is 5.10 Å². The first-order valence-electron chi connectivity index (χ1n) is 6.38. The van der Waals surface area contributed by atoms with E-state index in [0.717, 1.165) is 17.5 Å². The highest BCUT2D eigenvalue weighted by atomic mass is 35.5. The Morgan fingerprint density at radius 3 is 2.75 bits per heavy atom. The highest BCUT2D eigenvalue weighted by molar-refractivity contribution is 6.35. The summed E-state index contributed by atoms with van der Waals surface area (Å²) in [4.78, 5) is 0. The van der Waals surface area contributed by atoms with Gasteiger partial charge in [0.05, 0.1) is 17.8 Å². The van der Waals surface area contributed by atoms with E-state index in [1.165, 1.54) is 0 Å². The number of aryl methyl sites for hydroxylation is 1. The number of aromatic nitrogens is 2. The van der Waals surface area contributed by atoms with Gasteiger partial charge in [-0.15, -0.1) is 0 Å². The van der Waals surface area contributed by atoms with Crippen LogP contribution in [-0.2, 0) is 19.9 Å². The summed E-state index contributed by atoms with van der Waals surface area (Å²) in [5.74, 6) is 0.672. The molecule has 1 aromatic carbocycles. The van der Waals surface area contributed by atoms with Crippen LogP contribution in [-0.4, -0.2) is 22.9 Å². The maximum absolute atomic E-state index is 6.19. The molecule has 0 aliphatic carbocycles. The number of rotatable bonds is 6. The molecule has 108 valence electrons. The van der Waals surface area contributed by atoms with Gasteiger partial charge in [0, 0.05) is 24.7 Å². The molecule has 0 saturated carbocycles. The summed E-state index contributed by atoms with van der Waals surface area (Å²) >= 11 is 12.2. The SMILES string of the molecule is Cn1cc(CCOc2c(Cl)cc(Cl)cc2CCN)cn1. The van der Waals surface area contributed by atoms with Crippen molar-refractivity contribution in [2.45, 2.75) is 12.8 Å². The second-order valence-corrected chi connectivity index (χ2v) is 5.38. The fourth-order valence-electron chi connectivity index (χ4n) is 1.99. The van der Waals surface area contributed by atoms with Crippen molar-refractivity contribution in [1.82, 2.24) is 9.78 Å². The smallest absolute Gasteiger partial charge is 0.141 e. The second kappa shape index (κ2) is 6.97. The predicted molar refractivity (Wildman–Crippen MR) is 81.6 cm³/mol. The summed E-state index contributed by atoms with van der Waals surface area (Å²) in [5.41, 5.74) is 7.66. The lowest BCUT2D eigenvalue weighted by Gasteiger charge is -2.13. The first kappa shape index (κ1) is 15.2. The maximum atomic E-state index is 6.19. The van der Waals surface area contributed by atoms with Crippen molar-refractivity contribution >= 4 is 23.2 Å². The van der Waals surface area contributed by atoms with Gasteiger partial charge in [0.15, 0.2) is 0 Å². The highest BCUT2D eigenvalue weighted by Crippen LogP contribution is 2.32. The van der Waals surface area contributed by atoms with E-state index in [2.05, 4.69) is 5.10 Å². The van der Waals surface area contributed by atoms with Crippen LogP contribution in [0.2, 0.25) is 10.0 Å². The summed E-state index contributed by atoms with van der Waals surface area (Å²) < 4.78 is 7.57. The molecule has 20 heavy (non-hydrogen) atoms. The first-order chi connectivity index (χ1) is 9.60. The third-order valence-corrected chi connectivity index (χ3v) is 3.39. The molecule has 0 saturated heterocycles. The number of benzene rings is 1. The molecule has 0 radical (unpaired) electrons. The largest absolute Gasteiger partial charge is 0.491 e. The minimum Gasteiger partial charge on any atom is -0.491 e. The van der Waals surface area contributed by atoms with E-state index in [1.54, 1.807) is 10.7 Å². The van der Waals surface area contributed by atoms with Crippen molar-refractivity contribution in [2.75, 3.05) is 13.2 Å². The Labute approximate surface area is 128 Å². The third kappa shape index (κ3) is 3.88. The predicted octanol–water partition coefficient (Wildman–Crippen LogP) is 2.85. The standard InChI is InChI=1S/C14H17Cl2N3O/c1-19-9-10(8-18-19)3-5-20-14-11(2-4-17)6-12(15)7-13(14)16/h6-9H,2-5,17H2,1H3. The van der Waals surface area contributed by atoms with E-state index in [0.29, 0.717) is 35.4 Å². The van der Waals surface area contributed by atoms with Crippen LogP contribution in [0.15, 0.2) is 24.5 Å². The van der Waals surface area contributed by atoms with Gasteiger partial charge < -0.3 is 10.5 Å². The monoisotopic (exact) mass is 313 g/mol. The van der Waals surface area contributed by atoms with Crippen molar-refractivity contribution in [1.29, 1.82) is 0 Å². The molecule has 6 heteroatoms. The van der Waals surface area contributed by atoms with E-state index in [-0.39, 0.29) is 0 Å². The molecule has 0 aliphatic rings. The summed E-state index contributed by atoms with van der Waals surface area (Å²) in [6.45, 7) is 1.06. The third-order valence-electron chi connectivity index (χ3n) is 2.89. The fourth-order valence-corrected chi connectivity index (χ4v) is 2.58. The summed E-state index contributed by atoms with van der Waals surface area (Å²) in [5, 5.41) is 5.24. The van der Waals surface area contributed by atoms with Crippen LogP contribution in [0.4, 0.5) is 0 Å². The highest BCUT2D eigenvalue weighted by Gasteiger charge is 2.10. The molecular weight excluding hydrogens is 297 g/mol. The number of hydrogen-bond acceptors (Lipinski definition) is 3. The maximum Gasteiger partial charge on any atom is 0.141 e. The minimum absolute atomic E-state index is 0.520. The molecule has 0 amide bonds. The molecule has 0 unspecified atom stereocenters. The molecule has 1 heterocycles. The van der Waals surface area contributed by atoms with Gasteiger partial charge in [0.25, 0.3) is 0 Å². The van der Waals surface area contributed by atoms with Gasteiger partial charge in [-0.1, -0.05) is 23.2 Å². The molecule has 2 rings (SSSR count). The molecule has 0 bridgehead atoms. The van der Waals surface area contributed by atoms with Crippen LogP contribution in [0.3, 0.4) is 0 Å². The van der Waals surface area contributed by atoms with Crippen molar-refractivity contribution in [3.63, 3.8) is 0 Å². The van der Waals surface area contributed by atoms with Gasteiger partial charge in [0.1, 0.15) is 5.75 Å². The lowest BCUT2D eigenvalue weighted by atomic mass is 10.1. The number of nitrogens with zero attached hydrogens (tertiary/aromatic N) is 2. The molecule has 2 aromatic rings. The van der Waals surface area contributed by atoms with Crippen LogP contribution in [0.5, 0.6) is 5.75 Å². The van der Waals surface area contributed by atoms with E-state index in [9.17, 15) is 0 Å². The molecule has 0 spiro atoms. The zero-order valence-electron chi connectivity index (χ0n) is 11.3. The topological polar surface area (TPSA) is 53.1 Å². The minimum atomic E-state index is 0.520. The van der Waals surface area contributed by atoms with Gasteiger partial charge in [-0.25, -0.2) is 0 Å². The van der Waals surface area contributed by atoms with Crippen LogP contribution in [0, 0.1) is 0 Å². The average Bonchev–Trinajstić information content (AvgIpc) is 2.78. The summed E-state index contributed by atoms with van der Waals surface area (Å²) in [6, 6.07) is 3.53. The lowest BCUT2D eigenvalue weighted by Crippen LogP contribution is -2.07. The van der Waals surface area contributed by atoms with Crippen LogP contribution >= 0.6 is 23.2 Å². The van der Waals surface area contributed by atoms with E-state index in [1.807, 2.05) is 25.5 Å². The van der Waals surface area contributed by atoms with E-state index in [4.69, 9.17) is 33.7 Å². The van der Waals surface area contributed by atoms with Crippen molar-refractivity contribution in [2.24, 2.45) is 12.8 Å². The van der Waals surface area contributed by atoms with Crippen molar-refractivity contribution in [3.8, 4) is 5.75 Å². The van der Waals surface area contributed by atoms with Gasteiger partial charge in [0.2, 0.25) is 0 Å². The number of hydrogen-bond donors (Lipinski definition) is 1. The Morgan fingerprint density at radius 2 is 2.10 bits per heavy atom. The zero-order chi connectivity index (χ0) is 14.5. The molecule has 4 nitrogen and oxygen atoms in total. The second-order valence-electron chi connectivity index (χ2n) is 4.54. The Kier molecular flexibility index (Phi) is 5.29. The Morgan fingerprint density at radius 1 is 1.30 bits per heavy atom. The van der Waals surface area contributed by atoms with Crippen molar-refractivity contribution < 1.29 is 4.74 Å². The Hall–Kier alpha value is -1.23. The summed E-state index contributed by atoms with van der Waals surface area (Å²) in [7, 11) is 1.89. The lowest BCUT2D eigenvalue weighted by molar-refractivity contribution is 0.319. The number of halogens is 2. The molecule has 1 aromatic heterocycles. The first-order valence-corrected chi connectivity index (χ1v) is 7.14. The Balaban J connectivity index is 2.04.